The Morgan fingerprint density at radius 1 is 1.00 bits per heavy atom. The minimum Gasteiger partial charge on any atom is -0.475 e. The fourth-order valence-corrected chi connectivity index (χ4v) is 5.19. The first kappa shape index (κ1) is 28.2. The zero-order valence-corrected chi connectivity index (χ0v) is 23.1. The van der Waals surface area contributed by atoms with Crippen LogP contribution in [-0.4, -0.2) is 79.6 Å². The predicted octanol–water partition coefficient (Wildman–Crippen LogP) is 3.65. The number of hydrogen-bond donors (Lipinski definition) is 1. The highest BCUT2D eigenvalue weighted by Crippen LogP contribution is 2.32. The van der Waals surface area contributed by atoms with E-state index in [1.54, 1.807) is 24.5 Å². The first-order valence-electron chi connectivity index (χ1n) is 13.3. The van der Waals surface area contributed by atoms with Gasteiger partial charge in [0, 0.05) is 24.4 Å². The molecule has 1 unspecified atom stereocenters. The zero-order valence-electron chi connectivity index (χ0n) is 22.3. The van der Waals surface area contributed by atoms with Crippen LogP contribution in [0.3, 0.4) is 0 Å². The summed E-state index contributed by atoms with van der Waals surface area (Å²) in [6.45, 7) is 3.94. The van der Waals surface area contributed by atoms with Crippen molar-refractivity contribution in [1.82, 2.24) is 25.0 Å². The molecule has 4 aromatic rings. The molecule has 0 bridgehead atoms. The molecule has 4 heterocycles. The number of hydrogen-bond acceptors (Lipinski definition) is 10. The van der Waals surface area contributed by atoms with Gasteiger partial charge in [0.05, 0.1) is 49.6 Å². The lowest BCUT2D eigenvalue weighted by molar-refractivity contribution is -0.0365. The number of aryl methyl sites for hydroxylation is 1. The summed E-state index contributed by atoms with van der Waals surface area (Å²) < 4.78 is 54.0. The molecule has 12 nitrogen and oxygen atoms in total. The maximum atomic E-state index is 12.2. The van der Waals surface area contributed by atoms with Gasteiger partial charge >= 0.3 is 0 Å². The highest BCUT2D eigenvalue weighted by Gasteiger charge is 2.23. The highest BCUT2D eigenvalue weighted by atomic mass is 32.2. The van der Waals surface area contributed by atoms with Crippen LogP contribution < -0.4 is 4.74 Å². The number of nitrogens with one attached hydrogen (secondary N) is 1. The second-order valence-corrected chi connectivity index (χ2v) is 10.9. The molecule has 1 aromatic carbocycles. The molecule has 214 valence electrons. The topological polar surface area (TPSA) is 140 Å². The van der Waals surface area contributed by atoms with Gasteiger partial charge in [0.1, 0.15) is 17.8 Å². The van der Waals surface area contributed by atoms with Gasteiger partial charge in [0.15, 0.2) is 6.23 Å². The largest absolute Gasteiger partial charge is 0.475 e. The molecule has 40 heavy (non-hydrogen) atoms. The van der Waals surface area contributed by atoms with Crippen LogP contribution in [0.15, 0.2) is 53.7 Å². The second-order valence-electron chi connectivity index (χ2n) is 9.28. The summed E-state index contributed by atoms with van der Waals surface area (Å²) in [6, 6.07) is 10.3. The normalized spacial score (nSPS) is 16.0. The van der Waals surface area contributed by atoms with E-state index in [1.807, 2.05) is 23.7 Å². The van der Waals surface area contributed by atoms with Gasteiger partial charge in [-0.2, -0.15) is 18.6 Å². The molecule has 0 aliphatic carbocycles. The smallest absolute Gasteiger partial charge is 0.297 e. The van der Waals surface area contributed by atoms with Crippen LogP contribution in [0.1, 0.15) is 31.1 Å². The molecule has 0 amide bonds. The SMILES string of the molecule is Cc1ccc(S(=O)(=O)OCCOCCOCCOc2ccc3c(n2)c(-c2cn[nH]c2)nn3C2CCCCO2)cc1. The van der Waals surface area contributed by atoms with Crippen LogP contribution >= 0.6 is 0 Å². The van der Waals surface area contributed by atoms with Gasteiger partial charge in [0.25, 0.3) is 10.1 Å². The van der Waals surface area contributed by atoms with Crippen LogP contribution in [0.5, 0.6) is 5.88 Å². The van der Waals surface area contributed by atoms with Crippen LogP contribution in [0.2, 0.25) is 0 Å². The van der Waals surface area contributed by atoms with Crippen LogP contribution in [0, 0.1) is 6.92 Å². The molecule has 0 saturated carbocycles. The van der Waals surface area contributed by atoms with E-state index >= 15 is 0 Å². The van der Waals surface area contributed by atoms with Gasteiger partial charge in [-0.05, 0) is 44.4 Å². The van der Waals surface area contributed by atoms with Gasteiger partial charge in [-0.1, -0.05) is 17.7 Å². The number of ether oxygens (including phenoxy) is 4. The van der Waals surface area contributed by atoms with E-state index in [9.17, 15) is 8.42 Å². The maximum absolute atomic E-state index is 12.2. The van der Waals surface area contributed by atoms with E-state index in [-0.39, 0.29) is 24.3 Å². The van der Waals surface area contributed by atoms with Crippen molar-refractivity contribution in [2.45, 2.75) is 37.3 Å². The summed E-state index contributed by atoms with van der Waals surface area (Å²) in [5, 5.41) is 11.7. The minimum absolute atomic E-state index is 0.0717. The molecule has 1 aliphatic heterocycles. The van der Waals surface area contributed by atoms with E-state index in [2.05, 4.69) is 10.2 Å². The third-order valence-corrected chi connectivity index (χ3v) is 7.68. The minimum atomic E-state index is -3.79. The van der Waals surface area contributed by atoms with E-state index in [0.717, 1.165) is 42.5 Å². The Labute approximate surface area is 232 Å². The van der Waals surface area contributed by atoms with Crippen molar-refractivity contribution in [2.24, 2.45) is 0 Å². The van der Waals surface area contributed by atoms with Crippen molar-refractivity contribution < 1.29 is 31.5 Å². The Morgan fingerprint density at radius 2 is 1.77 bits per heavy atom. The third kappa shape index (κ3) is 7.04. The monoisotopic (exact) mass is 571 g/mol. The third-order valence-electron chi connectivity index (χ3n) is 6.35. The highest BCUT2D eigenvalue weighted by molar-refractivity contribution is 7.86. The van der Waals surface area contributed by atoms with Gasteiger partial charge in [0.2, 0.25) is 5.88 Å². The van der Waals surface area contributed by atoms with Crippen molar-refractivity contribution in [3.05, 3.63) is 54.4 Å². The molecular formula is C27H33N5O7S. The second kappa shape index (κ2) is 13.3. The first-order valence-corrected chi connectivity index (χ1v) is 14.7. The summed E-state index contributed by atoms with van der Waals surface area (Å²) in [4.78, 5) is 4.84. The van der Waals surface area contributed by atoms with Gasteiger partial charge in [-0.15, -0.1) is 0 Å². The average molecular weight is 572 g/mol. The van der Waals surface area contributed by atoms with Crippen LogP contribution in [0.4, 0.5) is 0 Å². The summed E-state index contributed by atoms with van der Waals surface area (Å²) >= 11 is 0. The number of H-pyrrole nitrogens is 1. The van der Waals surface area contributed by atoms with Crippen molar-refractivity contribution in [2.75, 3.05) is 46.2 Å². The molecule has 5 rings (SSSR count). The molecule has 1 N–H and O–H groups in total. The lowest BCUT2D eigenvalue weighted by atomic mass is 10.2. The van der Waals surface area contributed by atoms with Crippen molar-refractivity contribution in [1.29, 1.82) is 0 Å². The zero-order chi connectivity index (χ0) is 27.8. The molecule has 1 atom stereocenters. The summed E-state index contributed by atoms with van der Waals surface area (Å²) in [5.41, 5.74) is 4.12. The van der Waals surface area contributed by atoms with Crippen molar-refractivity contribution in [3.63, 3.8) is 0 Å². The molecule has 1 aliphatic rings. The van der Waals surface area contributed by atoms with Crippen LogP contribution in [-0.2, 0) is 28.5 Å². The fourth-order valence-electron chi connectivity index (χ4n) is 4.30. The van der Waals surface area contributed by atoms with Crippen molar-refractivity contribution in [3.8, 4) is 17.1 Å². The predicted molar refractivity (Wildman–Crippen MR) is 145 cm³/mol. The summed E-state index contributed by atoms with van der Waals surface area (Å²) in [5.74, 6) is 0.466. The van der Waals surface area contributed by atoms with Crippen molar-refractivity contribution >= 4 is 21.2 Å². The quantitative estimate of drug-likeness (QED) is 0.176. The standard InChI is InChI=1S/C27H33N5O7S/c1-20-5-7-22(8-6-20)40(33,34)39-17-15-36-13-12-35-14-16-37-24-10-9-23-27(30-24)26(21-18-28-29-19-21)31-32(23)25-4-2-3-11-38-25/h5-10,18-19,25H,2-4,11-17H2,1H3,(H,28,29). The maximum Gasteiger partial charge on any atom is 0.297 e. The molecule has 0 spiro atoms. The number of aromatic nitrogens is 5. The Bertz CT molecular complexity index is 1470. The van der Waals surface area contributed by atoms with E-state index in [4.69, 9.17) is 33.2 Å². The van der Waals surface area contributed by atoms with Crippen LogP contribution in [0.25, 0.3) is 22.3 Å². The average Bonchev–Trinajstić information content (AvgIpc) is 3.63. The first-order chi connectivity index (χ1) is 19.5. The van der Waals surface area contributed by atoms with E-state index in [0.29, 0.717) is 43.5 Å². The number of benzene rings is 1. The molecule has 0 radical (unpaired) electrons. The molecule has 13 heteroatoms. The lowest BCUT2D eigenvalue weighted by Gasteiger charge is -2.23. The summed E-state index contributed by atoms with van der Waals surface area (Å²) in [6.07, 6.45) is 6.44. The summed E-state index contributed by atoms with van der Waals surface area (Å²) in [7, 11) is -3.79. The van der Waals surface area contributed by atoms with E-state index < -0.39 is 10.1 Å². The van der Waals surface area contributed by atoms with Gasteiger partial charge < -0.3 is 18.9 Å². The van der Waals surface area contributed by atoms with E-state index in [1.165, 1.54) is 12.1 Å². The Hall–Kier alpha value is -3.36. The molecular weight excluding hydrogens is 538 g/mol. The number of nitrogens with zero attached hydrogens (tertiary/aromatic N) is 4. The fraction of sp³-hybridized carbons (Fsp3) is 0.444. The number of aromatic amines is 1. The number of rotatable bonds is 14. The molecule has 1 saturated heterocycles. The Morgan fingerprint density at radius 3 is 2.50 bits per heavy atom. The van der Waals surface area contributed by atoms with Gasteiger partial charge in [-0.25, -0.2) is 9.67 Å². The molecule has 1 fully saturated rings. The molecule has 3 aromatic heterocycles. The lowest BCUT2D eigenvalue weighted by Crippen LogP contribution is -2.19. The Balaban J connectivity index is 1.04. The number of fused-ring (bicyclic) bond motifs is 1. The Kier molecular flexibility index (Phi) is 9.39. The number of pyridine rings is 1. The van der Waals surface area contributed by atoms with Gasteiger partial charge in [-0.3, -0.25) is 9.28 Å².